The molecule has 0 fully saturated rings. The van der Waals surface area contributed by atoms with Crippen molar-refractivity contribution in [3.63, 3.8) is 0 Å². The van der Waals surface area contributed by atoms with Gasteiger partial charge in [-0.25, -0.2) is 4.98 Å². The Bertz CT molecular complexity index is 537. The normalized spacial score (nSPS) is 10.9. The molecule has 0 spiro atoms. The van der Waals surface area contributed by atoms with Crippen LogP contribution in [0.25, 0.3) is 0 Å². The first-order chi connectivity index (χ1) is 8.54. The number of hydrogen-bond donors (Lipinski definition) is 1. The summed E-state index contributed by atoms with van der Waals surface area (Å²) in [6.45, 7) is 4.08. The molecular formula is C13H15BrN4. The second-order valence-electron chi connectivity index (χ2n) is 4.43. The van der Waals surface area contributed by atoms with Gasteiger partial charge in [-0.3, -0.25) is 0 Å². The number of nitrogens with zero attached hydrogens (tertiary/aromatic N) is 3. The molecule has 0 bridgehead atoms. The molecule has 2 N–H and O–H groups in total. The molecule has 0 saturated heterocycles. The summed E-state index contributed by atoms with van der Waals surface area (Å²) in [6.07, 6.45) is 0.666. The van der Waals surface area contributed by atoms with Crippen molar-refractivity contribution in [2.45, 2.75) is 26.2 Å². The molecule has 0 radical (unpaired) electrons. The van der Waals surface area contributed by atoms with Crippen LogP contribution in [0.15, 0.2) is 28.7 Å². The van der Waals surface area contributed by atoms with E-state index in [2.05, 4.69) is 30.9 Å². The van der Waals surface area contributed by atoms with E-state index in [0.717, 1.165) is 15.9 Å². The molecule has 0 unspecified atom stereocenters. The molecule has 0 aliphatic rings. The Balaban J connectivity index is 2.26. The highest BCUT2D eigenvalue weighted by Crippen LogP contribution is 2.14. The average Bonchev–Trinajstić information content (AvgIpc) is 2.31. The fourth-order valence-electron chi connectivity index (χ4n) is 1.58. The fraction of sp³-hybridized carbons (Fsp3) is 0.308. The van der Waals surface area contributed by atoms with Crippen LogP contribution in [-0.4, -0.2) is 15.0 Å². The van der Waals surface area contributed by atoms with Gasteiger partial charge in [0.1, 0.15) is 11.6 Å². The Morgan fingerprint density at radius 1 is 1.11 bits per heavy atom. The van der Waals surface area contributed by atoms with E-state index in [1.807, 2.05) is 38.1 Å². The Morgan fingerprint density at radius 3 is 2.39 bits per heavy atom. The third-order valence-corrected chi connectivity index (χ3v) is 3.04. The average molecular weight is 307 g/mol. The summed E-state index contributed by atoms with van der Waals surface area (Å²) in [6, 6.07) is 8.09. The highest BCUT2D eigenvalue weighted by atomic mass is 79.9. The molecule has 2 rings (SSSR count). The summed E-state index contributed by atoms with van der Waals surface area (Å²) in [4.78, 5) is 12.8. The lowest BCUT2D eigenvalue weighted by Gasteiger charge is -2.07. The molecule has 1 heterocycles. The standard InChI is InChI=1S/C13H15BrN4/c1-8(2)12-16-11(17-13(15)18-12)7-9-3-5-10(14)6-4-9/h3-6,8H,7H2,1-2H3,(H2,15,16,17,18). The van der Waals surface area contributed by atoms with E-state index >= 15 is 0 Å². The summed E-state index contributed by atoms with van der Waals surface area (Å²) in [5, 5.41) is 0. The molecule has 0 saturated carbocycles. The molecule has 1 aromatic heterocycles. The maximum absolute atomic E-state index is 5.71. The van der Waals surface area contributed by atoms with Crippen molar-refractivity contribution >= 4 is 21.9 Å². The van der Waals surface area contributed by atoms with Crippen molar-refractivity contribution in [3.05, 3.63) is 46.0 Å². The van der Waals surface area contributed by atoms with Crippen LogP contribution in [-0.2, 0) is 6.42 Å². The first-order valence-electron chi connectivity index (χ1n) is 5.79. The zero-order chi connectivity index (χ0) is 13.1. The number of hydrogen-bond acceptors (Lipinski definition) is 4. The maximum Gasteiger partial charge on any atom is 0.223 e. The zero-order valence-corrected chi connectivity index (χ0v) is 12.0. The van der Waals surface area contributed by atoms with Gasteiger partial charge in [0.15, 0.2) is 0 Å². The molecule has 1 aromatic carbocycles. The van der Waals surface area contributed by atoms with E-state index in [4.69, 9.17) is 5.73 Å². The van der Waals surface area contributed by atoms with Crippen LogP contribution in [0.2, 0.25) is 0 Å². The van der Waals surface area contributed by atoms with Gasteiger partial charge in [-0.15, -0.1) is 0 Å². The minimum absolute atomic E-state index is 0.249. The monoisotopic (exact) mass is 306 g/mol. The van der Waals surface area contributed by atoms with Gasteiger partial charge in [-0.2, -0.15) is 9.97 Å². The number of nitrogen functional groups attached to an aromatic ring is 1. The Hall–Kier alpha value is -1.49. The Labute approximate surface area is 115 Å². The van der Waals surface area contributed by atoms with Crippen molar-refractivity contribution in [1.82, 2.24) is 15.0 Å². The van der Waals surface area contributed by atoms with Crippen molar-refractivity contribution in [1.29, 1.82) is 0 Å². The topological polar surface area (TPSA) is 64.7 Å². The summed E-state index contributed by atoms with van der Waals surface area (Å²) < 4.78 is 1.06. The van der Waals surface area contributed by atoms with E-state index in [0.29, 0.717) is 18.2 Å². The van der Waals surface area contributed by atoms with Crippen LogP contribution in [0.5, 0.6) is 0 Å². The molecule has 18 heavy (non-hydrogen) atoms. The Kier molecular flexibility index (Phi) is 3.91. The second kappa shape index (κ2) is 5.44. The van der Waals surface area contributed by atoms with Crippen molar-refractivity contribution in [2.24, 2.45) is 0 Å². The SMILES string of the molecule is CC(C)c1nc(N)nc(Cc2ccc(Br)cc2)n1. The number of benzene rings is 1. The van der Waals surface area contributed by atoms with E-state index in [-0.39, 0.29) is 5.92 Å². The van der Waals surface area contributed by atoms with Crippen molar-refractivity contribution in [2.75, 3.05) is 5.73 Å². The highest BCUT2D eigenvalue weighted by molar-refractivity contribution is 9.10. The summed E-state index contributed by atoms with van der Waals surface area (Å²) in [7, 11) is 0. The van der Waals surface area contributed by atoms with Crippen LogP contribution in [0.4, 0.5) is 5.95 Å². The number of aromatic nitrogens is 3. The molecule has 0 aliphatic heterocycles. The van der Waals surface area contributed by atoms with Gasteiger partial charge in [-0.05, 0) is 17.7 Å². The van der Waals surface area contributed by atoms with Gasteiger partial charge in [0.2, 0.25) is 5.95 Å². The minimum atomic E-state index is 0.249. The molecule has 94 valence electrons. The van der Waals surface area contributed by atoms with Crippen LogP contribution in [0.1, 0.15) is 37.0 Å². The predicted octanol–water partition coefficient (Wildman–Crippen LogP) is 2.93. The van der Waals surface area contributed by atoms with E-state index < -0.39 is 0 Å². The molecular weight excluding hydrogens is 292 g/mol. The lowest BCUT2D eigenvalue weighted by atomic mass is 10.1. The Morgan fingerprint density at radius 2 is 1.78 bits per heavy atom. The minimum Gasteiger partial charge on any atom is -0.368 e. The van der Waals surface area contributed by atoms with Crippen molar-refractivity contribution in [3.8, 4) is 0 Å². The van der Waals surface area contributed by atoms with Crippen LogP contribution < -0.4 is 5.73 Å². The summed E-state index contributed by atoms with van der Waals surface area (Å²) in [5.41, 5.74) is 6.86. The molecule has 2 aromatic rings. The van der Waals surface area contributed by atoms with Crippen LogP contribution >= 0.6 is 15.9 Å². The van der Waals surface area contributed by atoms with Crippen molar-refractivity contribution < 1.29 is 0 Å². The third-order valence-electron chi connectivity index (χ3n) is 2.51. The second-order valence-corrected chi connectivity index (χ2v) is 5.34. The third kappa shape index (κ3) is 3.26. The zero-order valence-electron chi connectivity index (χ0n) is 10.4. The van der Waals surface area contributed by atoms with E-state index in [1.165, 1.54) is 0 Å². The van der Waals surface area contributed by atoms with Gasteiger partial charge in [0.25, 0.3) is 0 Å². The largest absolute Gasteiger partial charge is 0.368 e. The number of rotatable bonds is 3. The van der Waals surface area contributed by atoms with Gasteiger partial charge < -0.3 is 5.73 Å². The van der Waals surface area contributed by atoms with Gasteiger partial charge in [-0.1, -0.05) is 41.9 Å². The molecule has 0 atom stereocenters. The quantitative estimate of drug-likeness (QED) is 0.947. The molecule has 0 amide bonds. The van der Waals surface area contributed by atoms with E-state index in [9.17, 15) is 0 Å². The smallest absolute Gasteiger partial charge is 0.223 e. The highest BCUT2D eigenvalue weighted by Gasteiger charge is 2.08. The maximum atomic E-state index is 5.71. The van der Waals surface area contributed by atoms with Crippen LogP contribution in [0, 0.1) is 0 Å². The van der Waals surface area contributed by atoms with Crippen LogP contribution in [0.3, 0.4) is 0 Å². The molecule has 5 heteroatoms. The summed E-state index contributed by atoms with van der Waals surface area (Å²) in [5.74, 6) is 2.00. The summed E-state index contributed by atoms with van der Waals surface area (Å²) >= 11 is 3.41. The first-order valence-corrected chi connectivity index (χ1v) is 6.58. The number of nitrogens with two attached hydrogens (primary N) is 1. The molecule has 4 nitrogen and oxygen atoms in total. The van der Waals surface area contributed by atoms with E-state index in [1.54, 1.807) is 0 Å². The van der Waals surface area contributed by atoms with Gasteiger partial charge >= 0.3 is 0 Å². The number of anilines is 1. The van der Waals surface area contributed by atoms with Gasteiger partial charge in [0, 0.05) is 16.8 Å². The first kappa shape index (κ1) is 13.0. The van der Waals surface area contributed by atoms with Gasteiger partial charge in [0.05, 0.1) is 0 Å². The molecule has 0 aliphatic carbocycles. The lowest BCUT2D eigenvalue weighted by molar-refractivity contribution is 0.743. The fourth-order valence-corrected chi connectivity index (χ4v) is 1.84. The number of halogens is 1. The lowest BCUT2D eigenvalue weighted by Crippen LogP contribution is -2.08. The predicted molar refractivity (Wildman–Crippen MR) is 75.3 cm³/mol.